The Balaban J connectivity index is 2.06. The molecule has 25 heavy (non-hydrogen) atoms. The molecule has 0 spiro atoms. The van der Waals surface area contributed by atoms with Gasteiger partial charge in [0.2, 0.25) is 5.91 Å². The van der Waals surface area contributed by atoms with Gasteiger partial charge in [0.15, 0.2) is 11.5 Å². The lowest BCUT2D eigenvalue weighted by Crippen LogP contribution is -2.24. The van der Waals surface area contributed by atoms with E-state index < -0.39 is 0 Å². The molecule has 0 bridgehead atoms. The summed E-state index contributed by atoms with van der Waals surface area (Å²) < 4.78 is 15.8. The van der Waals surface area contributed by atoms with E-state index in [1.807, 2.05) is 49.4 Å². The lowest BCUT2D eigenvalue weighted by Gasteiger charge is -2.15. The number of benzene rings is 2. The molecular formula is C20H23NO4. The summed E-state index contributed by atoms with van der Waals surface area (Å²) in [5.41, 5.74) is 1.77. The zero-order valence-electron chi connectivity index (χ0n) is 14.9. The molecule has 0 fully saturated rings. The van der Waals surface area contributed by atoms with Crippen LogP contribution >= 0.6 is 0 Å². The van der Waals surface area contributed by atoms with E-state index in [0.29, 0.717) is 11.5 Å². The molecule has 1 atom stereocenters. The van der Waals surface area contributed by atoms with Crippen LogP contribution in [0.1, 0.15) is 24.1 Å². The summed E-state index contributed by atoms with van der Waals surface area (Å²) in [6.45, 7) is 1.91. The van der Waals surface area contributed by atoms with E-state index in [0.717, 1.165) is 16.9 Å². The summed E-state index contributed by atoms with van der Waals surface area (Å²) in [5.74, 6) is 1.82. The van der Waals surface area contributed by atoms with Crippen molar-refractivity contribution in [3.05, 3.63) is 59.7 Å². The molecule has 0 saturated heterocycles. The number of ether oxygens (including phenoxy) is 3. The second kappa shape index (κ2) is 8.78. The van der Waals surface area contributed by atoms with Crippen molar-refractivity contribution in [3.63, 3.8) is 0 Å². The minimum Gasteiger partial charge on any atom is -0.496 e. The van der Waals surface area contributed by atoms with Crippen molar-refractivity contribution < 1.29 is 19.0 Å². The molecule has 1 amide bonds. The molecule has 1 N–H and O–H groups in total. The van der Waals surface area contributed by atoms with Gasteiger partial charge < -0.3 is 19.5 Å². The number of methoxy groups -OCH3 is 3. The Morgan fingerprint density at radius 2 is 1.64 bits per heavy atom. The smallest absolute Gasteiger partial charge is 0.244 e. The quantitative estimate of drug-likeness (QED) is 0.782. The first-order valence-electron chi connectivity index (χ1n) is 7.92. The zero-order valence-corrected chi connectivity index (χ0v) is 14.9. The summed E-state index contributed by atoms with van der Waals surface area (Å²) in [7, 11) is 4.78. The Kier molecular flexibility index (Phi) is 6.46. The third-order valence-corrected chi connectivity index (χ3v) is 3.82. The zero-order chi connectivity index (χ0) is 18.2. The fourth-order valence-corrected chi connectivity index (χ4v) is 2.44. The van der Waals surface area contributed by atoms with Crippen molar-refractivity contribution >= 4 is 12.0 Å². The molecule has 0 saturated carbocycles. The molecule has 0 aliphatic carbocycles. The van der Waals surface area contributed by atoms with E-state index >= 15 is 0 Å². The van der Waals surface area contributed by atoms with Crippen LogP contribution in [0.5, 0.6) is 17.2 Å². The second-order valence-corrected chi connectivity index (χ2v) is 5.42. The second-order valence-electron chi connectivity index (χ2n) is 5.42. The van der Waals surface area contributed by atoms with Gasteiger partial charge in [0, 0.05) is 11.6 Å². The van der Waals surface area contributed by atoms with E-state index in [-0.39, 0.29) is 11.9 Å². The maximum Gasteiger partial charge on any atom is 0.244 e. The Bertz CT molecular complexity index is 755. The van der Waals surface area contributed by atoms with Gasteiger partial charge in [0.1, 0.15) is 5.75 Å². The topological polar surface area (TPSA) is 56.8 Å². The van der Waals surface area contributed by atoms with Crippen LogP contribution in [0.3, 0.4) is 0 Å². The van der Waals surface area contributed by atoms with Gasteiger partial charge in [-0.3, -0.25) is 4.79 Å². The van der Waals surface area contributed by atoms with Gasteiger partial charge in [0.25, 0.3) is 0 Å². The normalized spacial score (nSPS) is 11.8. The average Bonchev–Trinajstić information content (AvgIpc) is 2.65. The molecule has 2 aromatic carbocycles. The predicted molar refractivity (Wildman–Crippen MR) is 98.1 cm³/mol. The Hall–Kier alpha value is -2.95. The fourth-order valence-electron chi connectivity index (χ4n) is 2.44. The number of nitrogens with one attached hydrogen (secondary N) is 1. The Morgan fingerprint density at radius 1 is 0.960 bits per heavy atom. The minimum atomic E-state index is -0.187. The molecule has 2 aromatic rings. The van der Waals surface area contributed by atoms with Crippen LogP contribution in [0, 0.1) is 0 Å². The van der Waals surface area contributed by atoms with Crippen molar-refractivity contribution in [1.29, 1.82) is 0 Å². The third-order valence-electron chi connectivity index (χ3n) is 3.82. The van der Waals surface area contributed by atoms with Gasteiger partial charge in [-0.2, -0.15) is 0 Å². The number of para-hydroxylation sites is 1. The van der Waals surface area contributed by atoms with Crippen LogP contribution < -0.4 is 19.5 Å². The molecule has 0 aliphatic rings. The maximum absolute atomic E-state index is 12.2. The highest BCUT2D eigenvalue weighted by Crippen LogP contribution is 2.29. The number of carbonyl (C=O) groups is 1. The monoisotopic (exact) mass is 341 g/mol. The molecule has 5 nitrogen and oxygen atoms in total. The molecule has 0 heterocycles. The minimum absolute atomic E-state index is 0.172. The Morgan fingerprint density at radius 3 is 2.32 bits per heavy atom. The van der Waals surface area contributed by atoms with Gasteiger partial charge in [-0.15, -0.1) is 0 Å². The Labute approximate surface area is 148 Å². The fraction of sp³-hybridized carbons (Fsp3) is 0.250. The highest BCUT2D eigenvalue weighted by Gasteiger charge is 2.11. The van der Waals surface area contributed by atoms with Crippen molar-refractivity contribution in [3.8, 4) is 17.2 Å². The van der Waals surface area contributed by atoms with E-state index in [9.17, 15) is 4.79 Å². The molecule has 0 unspecified atom stereocenters. The van der Waals surface area contributed by atoms with E-state index in [1.165, 1.54) is 6.08 Å². The van der Waals surface area contributed by atoms with Crippen molar-refractivity contribution in [2.45, 2.75) is 13.0 Å². The first-order chi connectivity index (χ1) is 12.1. The summed E-state index contributed by atoms with van der Waals surface area (Å²) >= 11 is 0. The summed E-state index contributed by atoms with van der Waals surface area (Å²) in [6.07, 6.45) is 3.23. The van der Waals surface area contributed by atoms with Crippen LogP contribution in [-0.2, 0) is 4.79 Å². The van der Waals surface area contributed by atoms with Crippen LogP contribution in [0.25, 0.3) is 6.08 Å². The lowest BCUT2D eigenvalue weighted by molar-refractivity contribution is -0.117. The highest BCUT2D eigenvalue weighted by atomic mass is 16.5. The largest absolute Gasteiger partial charge is 0.496 e. The SMILES string of the molecule is COc1ccccc1/C=C/C(=O)N[C@H](C)c1ccc(OC)c(OC)c1. The van der Waals surface area contributed by atoms with Gasteiger partial charge in [-0.25, -0.2) is 0 Å². The molecule has 2 rings (SSSR count). The summed E-state index contributed by atoms with van der Waals surface area (Å²) in [6, 6.07) is 12.9. The summed E-state index contributed by atoms with van der Waals surface area (Å²) in [5, 5.41) is 2.93. The third kappa shape index (κ3) is 4.76. The van der Waals surface area contributed by atoms with E-state index in [4.69, 9.17) is 14.2 Å². The lowest BCUT2D eigenvalue weighted by atomic mass is 10.1. The molecule has 5 heteroatoms. The number of rotatable bonds is 7. The van der Waals surface area contributed by atoms with Crippen molar-refractivity contribution in [2.75, 3.05) is 21.3 Å². The van der Waals surface area contributed by atoms with E-state index in [2.05, 4.69) is 5.32 Å². The highest BCUT2D eigenvalue weighted by molar-refractivity contribution is 5.92. The standard InChI is InChI=1S/C20H23NO4/c1-14(16-9-11-18(24-3)19(13-16)25-4)21-20(22)12-10-15-7-5-6-8-17(15)23-2/h5-14H,1-4H3,(H,21,22)/b12-10+/t14-/m1/s1. The van der Waals surface area contributed by atoms with Crippen LogP contribution in [0.4, 0.5) is 0 Å². The first kappa shape index (κ1) is 18.4. The van der Waals surface area contributed by atoms with Crippen molar-refractivity contribution in [1.82, 2.24) is 5.32 Å². The first-order valence-corrected chi connectivity index (χ1v) is 7.92. The van der Waals surface area contributed by atoms with E-state index in [1.54, 1.807) is 27.4 Å². The number of amides is 1. The van der Waals surface area contributed by atoms with Crippen LogP contribution in [-0.4, -0.2) is 27.2 Å². The molecular weight excluding hydrogens is 318 g/mol. The molecule has 0 radical (unpaired) electrons. The number of carbonyl (C=O) groups excluding carboxylic acids is 1. The van der Waals surface area contributed by atoms with Gasteiger partial charge >= 0.3 is 0 Å². The van der Waals surface area contributed by atoms with Gasteiger partial charge in [0.05, 0.1) is 27.4 Å². The predicted octanol–water partition coefficient (Wildman–Crippen LogP) is 3.60. The molecule has 0 aromatic heterocycles. The maximum atomic E-state index is 12.2. The van der Waals surface area contributed by atoms with Gasteiger partial charge in [-0.1, -0.05) is 24.3 Å². The average molecular weight is 341 g/mol. The van der Waals surface area contributed by atoms with Crippen LogP contribution in [0.15, 0.2) is 48.5 Å². The summed E-state index contributed by atoms with van der Waals surface area (Å²) in [4.78, 5) is 12.2. The van der Waals surface area contributed by atoms with Crippen molar-refractivity contribution in [2.24, 2.45) is 0 Å². The number of hydrogen-bond acceptors (Lipinski definition) is 4. The van der Waals surface area contributed by atoms with Gasteiger partial charge in [-0.05, 0) is 36.8 Å². The number of hydrogen-bond donors (Lipinski definition) is 1. The molecule has 0 aliphatic heterocycles. The molecule has 132 valence electrons. The van der Waals surface area contributed by atoms with Crippen LogP contribution in [0.2, 0.25) is 0 Å².